The van der Waals surface area contributed by atoms with E-state index in [9.17, 15) is 9.59 Å². The number of hydrogen-bond acceptors (Lipinski definition) is 3. The third-order valence-electron chi connectivity index (χ3n) is 3.28. The Balaban J connectivity index is 2.07. The van der Waals surface area contributed by atoms with Crippen molar-refractivity contribution in [1.29, 1.82) is 0 Å². The molecule has 0 radical (unpaired) electrons. The Labute approximate surface area is 141 Å². The van der Waals surface area contributed by atoms with Gasteiger partial charge >= 0.3 is 0 Å². The predicted octanol–water partition coefficient (Wildman–Crippen LogP) is 2.49. The number of hydrogen-bond donors (Lipinski definition) is 2. The van der Waals surface area contributed by atoms with Gasteiger partial charge in [-0.25, -0.2) is 0 Å². The quantitative estimate of drug-likeness (QED) is 0.802. The lowest BCUT2D eigenvalue weighted by atomic mass is 10.1. The molecule has 0 aromatic heterocycles. The van der Waals surface area contributed by atoms with Gasteiger partial charge in [-0.15, -0.1) is 0 Å². The molecular formula is C19H20N2O3. The topological polar surface area (TPSA) is 67.4 Å². The standard InChI is InChI=1S/C19H20N2O3/c1-14(22)21-18(12-15-6-4-3-5-7-15)19(23)20-13-16-8-10-17(24-2)11-9-16/h3-12H,13H2,1-2H3,(H,20,23)(H,21,22)/b18-12-. The number of benzene rings is 2. The summed E-state index contributed by atoms with van der Waals surface area (Å²) in [5.74, 6) is 0.120. The van der Waals surface area contributed by atoms with Gasteiger partial charge in [0.05, 0.1) is 7.11 Å². The summed E-state index contributed by atoms with van der Waals surface area (Å²) in [5.41, 5.74) is 1.98. The molecule has 0 aliphatic carbocycles. The molecule has 2 amide bonds. The van der Waals surface area contributed by atoms with Crippen LogP contribution in [0.1, 0.15) is 18.1 Å². The summed E-state index contributed by atoms with van der Waals surface area (Å²) >= 11 is 0. The number of methoxy groups -OCH3 is 1. The van der Waals surface area contributed by atoms with Gasteiger partial charge in [0.1, 0.15) is 11.4 Å². The van der Waals surface area contributed by atoms with E-state index in [2.05, 4.69) is 10.6 Å². The summed E-state index contributed by atoms with van der Waals surface area (Å²) in [6.45, 7) is 1.73. The van der Waals surface area contributed by atoms with Gasteiger partial charge in [0.2, 0.25) is 5.91 Å². The van der Waals surface area contributed by atoms with Crippen LogP contribution in [0.3, 0.4) is 0 Å². The SMILES string of the molecule is COc1ccc(CNC(=O)/C(=C/c2ccccc2)NC(C)=O)cc1. The highest BCUT2D eigenvalue weighted by Gasteiger charge is 2.11. The van der Waals surface area contributed by atoms with E-state index in [-0.39, 0.29) is 17.5 Å². The lowest BCUT2D eigenvalue weighted by Crippen LogP contribution is -2.33. The molecule has 2 aromatic rings. The zero-order valence-corrected chi connectivity index (χ0v) is 13.7. The van der Waals surface area contributed by atoms with Gasteiger partial charge in [0.25, 0.3) is 5.91 Å². The largest absolute Gasteiger partial charge is 0.497 e. The second-order valence-electron chi connectivity index (χ2n) is 5.18. The zero-order valence-electron chi connectivity index (χ0n) is 13.7. The van der Waals surface area contributed by atoms with Crippen molar-refractivity contribution < 1.29 is 14.3 Å². The van der Waals surface area contributed by atoms with Crippen molar-refractivity contribution >= 4 is 17.9 Å². The lowest BCUT2D eigenvalue weighted by Gasteiger charge is -2.10. The molecule has 5 nitrogen and oxygen atoms in total. The Kier molecular flexibility index (Phi) is 6.14. The molecule has 2 rings (SSSR count). The van der Waals surface area contributed by atoms with Crippen LogP contribution < -0.4 is 15.4 Å². The fourth-order valence-corrected chi connectivity index (χ4v) is 2.08. The Bertz CT molecular complexity index is 722. The number of nitrogens with one attached hydrogen (secondary N) is 2. The molecule has 0 unspecified atom stereocenters. The predicted molar refractivity (Wildman–Crippen MR) is 93.1 cm³/mol. The van der Waals surface area contributed by atoms with Gasteiger partial charge in [-0.1, -0.05) is 42.5 Å². The first kappa shape index (κ1) is 17.3. The van der Waals surface area contributed by atoms with Crippen LogP contribution in [-0.2, 0) is 16.1 Å². The van der Waals surface area contributed by atoms with Crippen molar-refractivity contribution in [3.05, 3.63) is 71.4 Å². The van der Waals surface area contributed by atoms with Gasteiger partial charge in [-0.2, -0.15) is 0 Å². The van der Waals surface area contributed by atoms with Crippen LogP contribution in [0, 0.1) is 0 Å². The maximum Gasteiger partial charge on any atom is 0.268 e. The third-order valence-corrected chi connectivity index (χ3v) is 3.28. The molecule has 0 aliphatic heterocycles. The van der Waals surface area contributed by atoms with Crippen molar-refractivity contribution in [2.75, 3.05) is 7.11 Å². The molecular weight excluding hydrogens is 304 g/mol. The first-order valence-electron chi connectivity index (χ1n) is 7.54. The highest BCUT2D eigenvalue weighted by Crippen LogP contribution is 2.11. The second kappa shape index (κ2) is 8.53. The number of ether oxygens (including phenoxy) is 1. The minimum atomic E-state index is -0.343. The van der Waals surface area contributed by atoms with Crippen LogP contribution >= 0.6 is 0 Å². The Morgan fingerprint density at radius 3 is 2.29 bits per heavy atom. The van der Waals surface area contributed by atoms with Crippen LogP contribution in [0.5, 0.6) is 5.75 Å². The first-order valence-corrected chi connectivity index (χ1v) is 7.54. The summed E-state index contributed by atoms with van der Waals surface area (Å²) in [4.78, 5) is 23.7. The molecule has 0 saturated carbocycles. The van der Waals surface area contributed by atoms with E-state index in [0.29, 0.717) is 6.54 Å². The minimum Gasteiger partial charge on any atom is -0.497 e. The molecule has 0 heterocycles. The molecule has 0 fully saturated rings. The lowest BCUT2D eigenvalue weighted by molar-refractivity contribution is -0.122. The maximum absolute atomic E-state index is 12.4. The van der Waals surface area contributed by atoms with Crippen molar-refractivity contribution in [3.8, 4) is 5.75 Å². The zero-order chi connectivity index (χ0) is 17.4. The molecule has 0 saturated heterocycles. The number of rotatable bonds is 6. The molecule has 0 bridgehead atoms. The molecule has 2 N–H and O–H groups in total. The van der Waals surface area contributed by atoms with Crippen LogP contribution in [0.4, 0.5) is 0 Å². The Morgan fingerprint density at radius 2 is 1.71 bits per heavy atom. The van der Waals surface area contributed by atoms with Crippen LogP contribution in [0.15, 0.2) is 60.3 Å². The fourth-order valence-electron chi connectivity index (χ4n) is 2.08. The highest BCUT2D eigenvalue weighted by molar-refractivity contribution is 6.00. The van der Waals surface area contributed by atoms with E-state index in [1.165, 1.54) is 6.92 Å². The van der Waals surface area contributed by atoms with Crippen molar-refractivity contribution in [2.45, 2.75) is 13.5 Å². The van der Waals surface area contributed by atoms with Gasteiger partial charge in [0, 0.05) is 13.5 Å². The van der Waals surface area contributed by atoms with Crippen molar-refractivity contribution in [1.82, 2.24) is 10.6 Å². The van der Waals surface area contributed by atoms with Crippen molar-refractivity contribution in [3.63, 3.8) is 0 Å². The van der Waals surface area contributed by atoms with Gasteiger partial charge in [0.15, 0.2) is 0 Å². The summed E-state index contributed by atoms with van der Waals surface area (Å²) in [6.07, 6.45) is 1.64. The monoisotopic (exact) mass is 324 g/mol. The van der Waals surface area contributed by atoms with Gasteiger partial charge in [-0.3, -0.25) is 9.59 Å². The van der Waals surface area contributed by atoms with Gasteiger partial charge < -0.3 is 15.4 Å². The highest BCUT2D eigenvalue weighted by atomic mass is 16.5. The summed E-state index contributed by atoms with van der Waals surface area (Å²) in [7, 11) is 1.60. The number of carbonyl (C=O) groups excluding carboxylic acids is 2. The smallest absolute Gasteiger partial charge is 0.268 e. The molecule has 124 valence electrons. The molecule has 2 aromatic carbocycles. The average molecular weight is 324 g/mol. The van der Waals surface area contributed by atoms with E-state index < -0.39 is 0 Å². The molecule has 24 heavy (non-hydrogen) atoms. The normalized spacial score (nSPS) is 10.8. The Morgan fingerprint density at radius 1 is 1.04 bits per heavy atom. The van der Waals surface area contributed by atoms with E-state index in [0.717, 1.165) is 16.9 Å². The maximum atomic E-state index is 12.4. The van der Waals surface area contributed by atoms with Gasteiger partial charge in [-0.05, 0) is 29.3 Å². The number of amides is 2. The van der Waals surface area contributed by atoms with Crippen LogP contribution in [0.25, 0.3) is 6.08 Å². The summed E-state index contributed by atoms with van der Waals surface area (Å²) < 4.78 is 5.10. The van der Waals surface area contributed by atoms with E-state index in [1.54, 1.807) is 13.2 Å². The van der Waals surface area contributed by atoms with Crippen molar-refractivity contribution in [2.24, 2.45) is 0 Å². The molecule has 0 aliphatic rings. The van der Waals surface area contributed by atoms with Crippen LogP contribution in [0.2, 0.25) is 0 Å². The second-order valence-corrected chi connectivity index (χ2v) is 5.18. The summed E-state index contributed by atoms with van der Waals surface area (Å²) in [6, 6.07) is 16.7. The average Bonchev–Trinajstić information content (AvgIpc) is 2.60. The van der Waals surface area contributed by atoms with E-state index in [4.69, 9.17) is 4.74 Å². The molecule has 5 heteroatoms. The fraction of sp³-hybridized carbons (Fsp3) is 0.158. The Hall–Kier alpha value is -3.08. The first-order chi connectivity index (χ1) is 11.6. The van der Waals surface area contributed by atoms with Crippen LogP contribution in [-0.4, -0.2) is 18.9 Å². The molecule has 0 atom stereocenters. The third kappa shape index (κ3) is 5.28. The van der Waals surface area contributed by atoms with E-state index >= 15 is 0 Å². The minimum absolute atomic E-state index is 0.210. The molecule has 0 spiro atoms. The van der Waals surface area contributed by atoms with E-state index in [1.807, 2.05) is 54.6 Å². The summed E-state index contributed by atoms with van der Waals surface area (Å²) in [5, 5.41) is 5.37. The number of carbonyl (C=O) groups is 2.